The molecule has 1 aliphatic rings. The van der Waals surface area contributed by atoms with Crippen LogP contribution in [0, 0.1) is 0 Å². The lowest BCUT2D eigenvalue weighted by atomic mass is 10.2. The highest BCUT2D eigenvalue weighted by molar-refractivity contribution is 6.29. The maximum atomic E-state index is 12.1. The van der Waals surface area contributed by atoms with Gasteiger partial charge in [0.25, 0.3) is 5.91 Å². The summed E-state index contributed by atoms with van der Waals surface area (Å²) in [4.78, 5) is 18.5. The Kier molecular flexibility index (Phi) is 6.22. The van der Waals surface area contributed by atoms with E-state index in [1.807, 2.05) is 0 Å². The standard InChI is InChI=1S/C14H21ClN4O2/c1-16-13-10-11(9-12(15)18-13)14(20)17-3-2-4-19-5-7-21-8-6-19/h9-10H,2-8H2,1H3,(H,16,18)(H,17,20). The van der Waals surface area contributed by atoms with Gasteiger partial charge in [-0.2, -0.15) is 0 Å². The molecule has 0 radical (unpaired) electrons. The number of carbonyl (C=O) groups is 1. The number of aromatic nitrogens is 1. The van der Waals surface area contributed by atoms with Gasteiger partial charge in [0.05, 0.1) is 13.2 Å². The maximum Gasteiger partial charge on any atom is 0.251 e. The molecule has 6 nitrogen and oxygen atoms in total. The van der Waals surface area contributed by atoms with Crippen LogP contribution in [0.1, 0.15) is 16.8 Å². The minimum atomic E-state index is -0.127. The minimum Gasteiger partial charge on any atom is -0.379 e. The summed E-state index contributed by atoms with van der Waals surface area (Å²) in [7, 11) is 1.74. The summed E-state index contributed by atoms with van der Waals surface area (Å²) < 4.78 is 5.30. The molecule has 1 aromatic heterocycles. The van der Waals surface area contributed by atoms with E-state index in [1.165, 1.54) is 0 Å². The van der Waals surface area contributed by atoms with E-state index in [1.54, 1.807) is 19.2 Å². The zero-order valence-corrected chi connectivity index (χ0v) is 12.9. The zero-order chi connectivity index (χ0) is 15.1. The molecule has 0 bridgehead atoms. The fraction of sp³-hybridized carbons (Fsp3) is 0.571. The van der Waals surface area contributed by atoms with Crippen LogP contribution in [0.25, 0.3) is 0 Å². The molecular formula is C14H21ClN4O2. The molecule has 0 saturated carbocycles. The first kappa shape index (κ1) is 16.0. The first-order valence-corrected chi connectivity index (χ1v) is 7.50. The Labute approximate surface area is 129 Å². The van der Waals surface area contributed by atoms with Gasteiger partial charge in [0, 0.05) is 32.2 Å². The van der Waals surface area contributed by atoms with Gasteiger partial charge in [-0.05, 0) is 25.1 Å². The third-order valence-electron chi connectivity index (χ3n) is 3.35. The number of anilines is 1. The minimum absolute atomic E-state index is 0.127. The summed E-state index contributed by atoms with van der Waals surface area (Å²) in [5.74, 6) is 0.457. The number of hydrogen-bond acceptors (Lipinski definition) is 5. The van der Waals surface area contributed by atoms with Crippen LogP contribution in [0.2, 0.25) is 5.15 Å². The molecule has 0 aromatic carbocycles. The predicted molar refractivity (Wildman–Crippen MR) is 83.0 cm³/mol. The monoisotopic (exact) mass is 312 g/mol. The number of hydrogen-bond donors (Lipinski definition) is 2. The Morgan fingerprint density at radius 1 is 1.43 bits per heavy atom. The number of carbonyl (C=O) groups excluding carboxylic acids is 1. The quantitative estimate of drug-likeness (QED) is 0.611. The number of nitrogens with one attached hydrogen (secondary N) is 2. The van der Waals surface area contributed by atoms with Gasteiger partial charge in [-0.15, -0.1) is 0 Å². The van der Waals surface area contributed by atoms with Crippen LogP contribution < -0.4 is 10.6 Å². The number of nitrogens with zero attached hydrogens (tertiary/aromatic N) is 2. The Hall–Kier alpha value is -1.37. The summed E-state index contributed by atoms with van der Waals surface area (Å²) in [6, 6.07) is 3.25. The summed E-state index contributed by atoms with van der Waals surface area (Å²) >= 11 is 5.89. The van der Waals surface area contributed by atoms with Gasteiger partial charge in [-0.3, -0.25) is 9.69 Å². The molecule has 0 aliphatic carbocycles. The van der Waals surface area contributed by atoms with Crippen LogP contribution in [0.4, 0.5) is 5.82 Å². The Morgan fingerprint density at radius 3 is 2.90 bits per heavy atom. The summed E-state index contributed by atoms with van der Waals surface area (Å²) in [5, 5.41) is 6.09. The smallest absolute Gasteiger partial charge is 0.251 e. The molecular weight excluding hydrogens is 292 g/mol. The largest absolute Gasteiger partial charge is 0.379 e. The average molecular weight is 313 g/mol. The number of rotatable bonds is 6. The molecule has 1 aliphatic heterocycles. The molecule has 2 rings (SSSR count). The van der Waals surface area contributed by atoms with Gasteiger partial charge in [-0.1, -0.05) is 11.6 Å². The predicted octanol–water partition coefficient (Wildman–Crippen LogP) is 1.23. The summed E-state index contributed by atoms with van der Waals surface area (Å²) in [6.07, 6.45) is 0.920. The molecule has 21 heavy (non-hydrogen) atoms. The number of pyridine rings is 1. The van der Waals surface area contributed by atoms with Crippen molar-refractivity contribution in [3.63, 3.8) is 0 Å². The molecule has 1 amide bonds. The van der Waals surface area contributed by atoms with Crippen molar-refractivity contribution in [2.24, 2.45) is 0 Å². The van der Waals surface area contributed by atoms with Crippen molar-refractivity contribution < 1.29 is 9.53 Å². The highest BCUT2D eigenvalue weighted by Gasteiger charge is 2.11. The van der Waals surface area contributed by atoms with Crippen LogP contribution in [-0.4, -0.2) is 62.2 Å². The number of morpholine rings is 1. The van der Waals surface area contributed by atoms with Gasteiger partial charge >= 0.3 is 0 Å². The molecule has 1 aromatic rings. The number of amides is 1. The van der Waals surface area contributed by atoms with Crippen LogP contribution >= 0.6 is 11.6 Å². The van der Waals surface area contributed by atoms with Crippen LogP contribution in [-0.2, 0) is 4.74 Å². The first-order chi connectivity index (χ1) is 10.2. The highest BCUT2D eigenvalue weighted by atomic mass is 35.5. The van der Waals surface area contributed by atoms with Crippen LogP contribution in [0.15, 0.2) is 12.1 Å². The van der Waals surface area contributed by atoms with E-state index in [-0.39, 0.29) is 5.91 Å². The van der Waals surface area contributed by atoms with E-state index in [0.29, 0.717) is 23.1 Å². The molecule has 7 heteroatoms. The van der Waals surface area contributed by atoms with Crippen molar-refractivity contribution >= 4 is 23.3 Å². The molecule has 0 spiro atoms. The van der Waals surface area contributed by atoms with E-state index >= 15 is 0 Å². The first-order valence-electron chi connectivity index (χ1n) is 7.12. The second kappa shape index (κ2) is 8.17. The fourth-order valence-electron chi connectivity index (χ4n) is 2.19. The van der Waals surface area contributed by atoms with Crippen LogP contribution in [0.3, 0.4) is 0 Å². The molecule has 2 heterocycles. The van der Waals surface area contributed by atoms with E-state index in [2.05, 4.69) is 20.5 Å². The second-order valence-corrected chi connectivity index (χ2v) is 5.26. The average Bonchev–Trinajstić information content (AvgIpc) is 2.51. The van der Waals surface area contributed by atoms with Gasteiger partial charge in [-0.25, -0.2) is 4.98 Å². The van der Waals surface area contributed by atoms with Gasteiger partial charge in [0.2, 0.25) is 0 Å². The van der Waals surface area contributed by atoms with E-state index in [0.717, 1.165) is 39.3 Å². The van der Waals surface area contributed by atoms with Crippen molar-refractivity contribution in [3.8, 4) is 0 Å². The van der Waals surface area contributed by atoms with E-state index in [9.17, 15) is 4.79 Å². The lowest BCUT2D eigenvalue weighted by Gasteiger charge is -2.26. The van der Waals surface area contributed by atoms with Crippen LogP contribution in [0.5, 0.6) is 0 Å². The van der Waals surface area contributed by atoms with Gasteiger partial charge in [0.15, 0.2) is 0 Å². The normalized spacial score (nSPS) is 15.7. The molecule has 0 unspecified atom stereocenters. The molecule has 2 N–H and O–H groups in total. The second-order valence-electron chi connectivity index (χ2n) is 4.88. The number of ether oxygens (including phenoxy) is 1. The van der Waals surface area contributed by atoms with Crippen molar-refractivity contribution in [3.05, 3.63) is 22.8 Å². The third kappa shape index (κ3) is 5.15. The molecule has 0 atom stereocenters. The lowest BCUT2D eigenvalue weighted by Crippen LogP contribution is -2.38. The van der Waals surface area contributed by atoms with Crippen molar-refractivity contribution in [1.82, 2.24) is 15.2 Å². The van der Waals surface area contributed by atoms with E-state index in [4.69, 9.17) is 16.3 Å². The molecule has 116 valence electrons. The Morgan fingerprint density at radius 2 is 2.19 bits per heavy atom. The SMILES string of the molecule is CNc1cc(C(=O)NCCCN2CCOCC2)cc(Cl)n1. The van der Waals surface area contributed by atoms with Gasteiger partial charge < -0.3 is 15.4 Å². The fourth-order valence-corrected chi connectivity index (χ4v) is 2.40. The third-order valence-corrected chi connectivity index (χ3v) is 3.55. The molecule has 1 fully saturated rings. The topological polar surface area (TPSA) is 66.5 Å². The van der Waals surface area contributed by atoms with Crippen molar-refractivity contribution in [2.45, 2.75) is 6.42 Å². The summed E-state index contributed by atoms with van der Waals surface area (Å²) in [6.45, 7) is 5.16. The maximum absolute atomic E-state index is 12.1. The lowest BCUT2D eigenvalue weighted by molar-refractivity contribution is 0.0374. The van der Waals surface area contributed by atoms with Gasteiger partial charge in [0.1, 0.15) is 11.0 Å². The van der Waals surface area contributed by atoms with Crippen molar-refractivity contribution in [1.29, 1.82) is 0 Å². The highest BCUT2D eigenvalue weighted by Crippen LogP contribution is 2.14. The van der Waals surface area contributed by atoms with Crippen molar-refractivity contribution in [2.75, 3.05) is 51.8 Å². The zero-order valence-electron chi connectivity index (χ0n) is 12.2. The Bertz CT molecular complexity index is 478. The van der Waals surface area contributed by atoms with E-state index < -0.39 is 0 Å². The Balaban J connectivity index is 1.75. The number of halogens is 1. The molecule has 1 saturated heterocycles. The summed E-state index contributed by atoms with van der Waals surface area (Å²) in [5.41, 5.74) is 0.519.